The molecule has 3 heterocycles. The van der Waals surface area contributed by atoms with Gasteiger partial charge in [-0.25, -0.2) is 15.0 Å². The lowest BCUT2D eigenvalue weighted by Crippen LogP contribution is -2.40. The Labute approximate surface area is 153 Å². The third-order valence-electron chi connectivity index (χ3n) is 4.53. The lowest BCUT2D eigenvalue weighted by molar-refractivity contribution is 0.0946. The number of carbonyl (C=O) groups is 1. The van der Waals surface area contributed by atoms with Gasteiger partial charge in [-0.05, 0) is 24.6 Å². The molecular weight excluding hydrogens is 332 g/mol. The van der Waals surface area contributed by atoms with Crippen LogP contribution in [0.5, 0.6) is 0 Å². The van der Waals surface area contributed by atoms with Crippen LogP contribution in [0, 0.1) is 0 Å². The summed E-state index contributed by atoms with van der Waals surface area (Å²) in [4.78, 5) is 29.1. The second-order valence-electron chi connectivity index (χ2n) is 6.47. The number of methoxy groups -OCH3 is 1. The molecular formula is C18H24N6O2. The largest absolute Gasteiger partial charge is 0.380 e. The predicted octanol–water partition coefficient (Wildman–Crippen LogP) is 0.961. The van der Waals surface area contributed by atoms with Crippen molar-refractivity contribution in [3.05, 3.63) is 42.5 Å². The fourth-order valence-electron chi connectivity index (χ4n) is 3.09. The SMILES string of the molecule is CO[C@@H]1C[C@H](CNC(=O)c2ccnc(N(C)C)c2)N(c2ccncn2)C1. The first-order valence-electron chi connectivity index (χ1n) is 8.55. The van der Waals surface area contributed by atoms with E-state index in [1.165, 1.54) is 6.33 Å². The number of rotatable bonds is 6. The summed E-state index contributed by atoms with van der Waals surface area (Å²) in [6.45, 7) is 1.26. The minimum Gasteiger partial charge on any atom is -0.380 e. The first kappa shape index (κ1) is 18.1. The molecule has 1 N–H and O–H groups in total. The maximum absolute atomic E-state index is 12.5. The molecule has 0 bridgehead atoms. The van der Waals surface area contributed by atoms with E-state index in [0.29, 0.717) is 12.1 Å². The summed E-state index contributed by atoms with van der Waals surface area (Å²) in [5, 5.41) is 3.03. The van der Waals surface area contributed by atoms with Gasteiger partial charge in [0.2, 0.25) is 0 Å². The zero-order valence-corrected chi connectivity index (χ0v) is 15.3. The molecule has 0 saturated carbocycles. The van der Waals surface area contributed by atoms with Crippen molar-refractivity contribution in [3.63, 3.8) is 0 Å². The van der Waals surface area contributed by atoms with E-state index in [4.69, 9.17) is 4.74 Å². The first-order valence-corrected chi connectivity index (χ1v) is 8.55. The molecule has 2 aromatic heterocycles. The minimum absolute atomic E-state index is 0.112. The van der Waals surface area contributed by atoms with Gasteiger partial charge in [-0.15, -0.1) is 0 Å². The van der Waals surface area contributed by atoms with E-state index in [9.17, 15) is 4.79 Å². The fraction of sp³-hybridized carbons (Fsp3) is 0.444. The van der Waals surface area contributed by atoms with Gasteiger partial charge in [0.1, 0.15) is 18.0 Å². The van der Waals surface area contributed by atoms with Crippen molar-refractivity contribution in [1.29, 1.82) is 0 Å². The molecule has 0 aliphatic carbocycles. The summed E-state index contributed by atoms with van der Waals surface area (Å²) in [7, 11) is 5.50. The van der Waals surface area contributed by atoms with Crippen molar-refractivity contribution in [3.8, 4) is 0 Å². The topological polar surface area (TPSA) is 83.5 Å². The Bertz CT molecular complexity index is 739. The van der Waals surface area contributed by atoms with Gasteiger partial charge >= 0.3 is 0 Å². The van der Waals surface area contributed by atoms with Gasteiger partial charge in [0.05, 0.1) is 12.1 Å². The van der Waals surface area contributed by atoms with Crippen molar-refractivity contribution in [1.82, 2.24) is 20.3 Å². The van der Waals surface area contributed by atoms with Crippen LogP contribution in [0.1, 0.15) is 16.8 Å². The number of pyridine rings is 1. The molecule has 1 amide bonds. The van der Waals surface area contributed by atoms with Crippen LogP contribution >= 0.6 is 0 Å². The van der Waals surface area contributed by atoms with Crippen LogP contribution in [-0.4, -0.2) is 67.3 Å². The second-order valence-corrected chi connectivity index (χ2v) is 6.47. The number of aromatic nitrogens is 3. The van der Waals surface area contributed by atoms with E-state index >= 15 is 0 Å². The average Bonchev–Trinajstić information content (AvgIpc) is 3.10. The third kappa shape index (κ3) is 4.08. The number of carbonyl (C=O) groups excluding carboxylic acids is 1. The lowest BCUT2D eigenvalue weighted by atomic mass is 10.2. The molecule has 0 spiro atoms. The van der Waals surface area contributed by atoms with Gasteiger partial charge in [-0.2, -0.15) is 0 Å². The van der Waals surface area contributed by atoms with E-state index in [0.717, 1.165) is 24.6 Å². The van der Waals surface area contributed by atoms with Crippen molar-refractivity contribution < 1.29 is 9.53 Å². The van der Waals surface area contributed by atoms with E-state index in [1.54, 1.807) is 31.6 Å². The normalized spacial score (nSPS) is 19.4. The molecule has 138 valence electrons. The Morgan fingerprint density at radius 3 is 2.88 bits per heavy atom. The predicted molar refractivity (Wildman–Crippen MR) is 99.5 cm³/mol. The van der Waals surface area contributed by atoms with Crippen molar-refractivity contribution in [2.24, 2.45) is 0 Å². The summed E-state index contributed by atoms with van der Waals surface area (Å²) in [6, 6.07) is 5.49. The number of hydrogen-bond donors (Lipinski definition) is 1. The lowest BCUT2D eigenvalue weighted by Gasteiger charge is -2.25. The average molecular weight is 356 g/mol. The highest BCUT2D eigenvalue weighted by molar-refractivity contribution is 5.94. The highest BCUT2D eigenvalue weighted by atomic mass is 16.5. The van der Waals surface area contributed by atoms with E-state index in [2.05, 4.69) is 25.2 Å². The zero-order valence-electron chi connectivity index (χ0n) is 15.3. The zero-order chi connectivity index (χ0) is 18.5. The maximum Gasteiger partial charge on any atom is 0.251 e. The monoisotopic (exact) mass is 356 g/mol. The standard InChI is InChI=1S/C18H24N6O2/c1-23(2)17-8-13(4-7-20-17)18(25)21-10-14-9-15(26-3)11-24(14)16-5-6-19-12-22-16/h4-8,12,14-15H,9-11H2,1-3H3,(H,21,25)/t14-,15-/m1/s1. The summed E-state index contributed by atoms with van der Waals surface area (Å²) >= 11 is 0. The van der Waals surface area contributed by atoms with Gasteiger partial charge in [-0.3, -0.25) is 4.79 Å². The van der Waals surface area contributed by atoms with E-state index < -0.39 is 0 Å². The van der Waals surface area contributed by atoms with Gasteiger partial charge < -0.3 is 19.9 Å². The fourth-order valence-corrected chi connectivity index (χ4v) is 3.09. The van der Waals surface area contributed by atoms with Gasteiger partial charge in [0.15, 0.2) is 0 Å². The molecule has 8 heteroatoms. The first-order chi connectivity index (χ1) is 12.6. The highest BCUT2D eigenvalue weighted by Gasteiger charge is 2.33. The van der Waals surface area contributed by atoms with E-state index in [-0.39, 0.29) is 18.1 Å². The summed E-state index contributed by atoms with van der Waals surface area (Å²) < 4.78 is 5.52. The number of nitrogens with one attached hydrogen (secondary N) is 1. The molecule has 1 fully saturated rings. The van der Waals surface area contributed by atoms with Crippen molar-refractivity contribution >= 4 is 17.5 Å². The van der Waals surface area contributed by atoms with Crippen molar-refractivity contribution in [2.75, 3.05) is 44.1 Å². The molecule has 1 saturated heterocycles. The van der Waals surface area contributed by atoms with Crippen LogP contribution in [0.2, 0.25) is 0 Å². The Hall–Kier alpha value is -2.74. The molecule has 3 rings (SSSR count). The Morgan fingerprint density at radius 1 is 1.35 bits per heavy atom. The summed E-state index contributed by atoms with van der Waals surface area (Å²) in [5.41, 5.74) is 0.596. The van der Waals surface area contributed by atoms with Gasteiger partial charge in [0, 0.05) is 52.3 Å². The molecule has 0 radical (unpaired) electrons. The number of nitrogens with zero attached hydrogens (tertiary/aromatic N) is 5. The third-order valence-corrected chi connectivity index (χ3v) is 4.53. The second kappa shape index (κ2) is 8.09. The van der Waals surface area contributed by atoms with Crippen LogP contribution in [0.3, 0.4) is 0 Å². The van der Waals surface area contributed by atoms with Gasteiger partial charge in [0.25, 0.3) is 5.91 Å². The molecule has 1 aliphatic heterocycles. The van der Waals surface area contributed by atoms with Crippen LogP contribution in [0.15, 0.2) is 36.9 Å². The molecule has 26 heavy (non-hydrogen) atoms. The quantitative estimate of drug-likeness (QED) is 0.825. The smallest absolute Gasteiger partial charge is 0.251 e. The van der Waals surface area contributed by atoms with Crippen LogP contribution < -0.4 is 15.1 Å². The Kier molecular flexibility index (Phi) is 5.62. The molecule has 8 nitrogen and oxygen atoms in total. The maximum atomic E-state index is 12.5. The van der Waals surface area contributed by atoms with E-state index in [1.807, 2.05) is 25.1 Å². The highest BCUT2D eigenvalue weighted by Crippen LogP contribution is 2.24. The summed E-state index contributed by atoms with van der Waals surface area (Å²) in [6.07, 6.45) is 5.85. The molecule has 0 unspecified atom stereocenters. The van der Waals surface area contributed by atoms with Gasteiger partial charge in [-0.1, -0.05) is 0 Å². The molecule has 1 aliphatic rings. The minimum atomic E-state index is -0.112. The van der Waals surface area contributed by atoms with Crippen LogP contribution in [-0.2, 0) is 4.74 Å². The number of ether oxygens (including phenoxy) is 1. The Balaban J connectivity index is 1.67. The van der Waals surface area contributed by atoms with Crippen LogP contribution in [0.25, 0.3) is 0 Å². The molecule has 2 aromatic rings. The molecule has 0 aromatic carbocycles. The van der Waals surface area contributed by atoms with Crippen LogP contribution in [0.4, 0.5) is 11.6 Å². The molecule has 2 atom stereocenters. The number of hydrogen-bond acceptors (Lipinski definition) is 7. The summed E-state index contributed by atoms with van der Waals surface area (Å²) in [5.74, 6) is 1.48. The number of amides is 1. The van der Waals surface area contributed by atoms with Crippen molar-refractivity contribution in [2.45, 2.75) is 18.6 Å². The number of anilines is 2. The Morgan fingerprint density at radius 2 is 2.19 bits per heavy atom.